The predicted molar refractivity (Wildman–Crippen MR) is 62.1 cm³/mol. The van der Waals surface area contributed by atoms with Crippen LogP contribution in [0.1, 0.15) is 32.6 Å². The van der Waals surface area contributed by atoms with Crippen LogP contribution in [-0.4, -0.2) is 49.8 Å². The van der Waals surface area contributed by atoms with Crippen LogP contribution in [0.25, 0.3) is 0 Å². The summed E-state index contributed by atoms with van der Waals surface area (Å²) in [5, 5.41) is 3.70. The Morgan fingerprint density at radius 2 is 2.40 bits per heavy atom. The molecule has 15 heavy (non-hydrogen) atoms. The summed E-state index contributed by atoms with van der Waals surface area (Å²) in [6, 6.07) is 0. The molecule has 0 bridgehead atoms. The minimum Gasteiger partial charge on any atom is -0.380 e. The van der Waals surface area contributed by atoms with E-state index in [0.717, 1.165) is 6.54 Å². The molecule has 2 fully saturated rings. The zero-order valence-corrected chi connectivity index (χ0v) is 10.1. The van der Waals surface area contributed by atoms with Gasteiger partial charge in [0.25, 0.3) is 0 Å². The number of hydrogen-bond donors (Lipinski definition) is 1. The molecule has 0 aromatic carbocycles. The number of ether oxygens (including phenoxy) is 1. The van der Waals surface area contributed by atoms with Crippen LogP contribution in [-0.2, 0) is 4.74 Å². The highest BCUT2D eigenvalue weighted by molar-refractivity contribution is 4.95. The van der Waals surface area contributed by atoms with Gasteiger partial charge in [-0.05, 0) is 32.2 Å². The summed E-state index contributed by atoms with van der Waals surface area (Å²) in [5.74, 6) is 0. The molecule has 88 valence electrons. The van der Waals surface area contributed by atoms with Gasteiger partial charge in [-0.15, -0.1) is 0 Å². The van der Waals surface area contributed by atoms with Crippen molar-refractivity contribution in [1.82, 2.24) is 10.2 Å². The van der Waals surface area contributed by atoms with Crippen molar-refractivity contribution >= 4 is 0 Å². The summed E-state index contributed by atoms with van der Waals surface area (Å²) in [6.45, 7) is 7.06. The molecule has 2 rings (SSSR count). The summed E-state index contributed by atoms with van der Waals surface area (Å²) >= 11 is 0. The second kappa shape index (κ2) is 4.81. The van der Waals surface area contributed by atoms with Gasteiger partial charge in [-0.2, -0.15) is 0 Å². The van der Waals surface area contributed by atoms with Gasteiger partial charge in [0.1, 0.15) is 0 Å². The summed E-state index contributed by atoms with van der Waals surface area (Å²) in [4.78, 5) is 2.57. The van der Waals surface area contributed by atoms with Crippen LogP contribution in [0.3, 0.4) is 0 Å². The molecule has 2 unspecified atom stereocenters. The first-order chi connectivity index (χ1) is 7.28. The van der Waals surface area contributed by atoms with Crippen LogP contribution in [0.15, 0.2) is 0 Å². The van der Waals surface area contributed by atoms with Crippen LogP contribution in [0.5, 0.6) is 0 Å². The fourth-order valence-corrected chi connectivity index (χ4v) is 2.98. The highest BCUT2D eigenvalue weighted by atomic mass is 16.5. The lowest BCUT2D eigenvalue weighted by atomic mass is 9.93. The lowest BCUT2D eigenvalue weighted by Crippen LogP contribution is -2.49. The smallest absolute Gasteiger partial charge is 0.0710 e. The van der Waals surface area contributed by atoms with Crippen LogP contribution in [0, 0.1) is 0 Å². The lowest BCUT2D eigenvalue weighted by molar-refractivity contribution is 0.103. The second-order valence-electron chi connectivity index (χ2n) is 5.05. The van der Waals surface area contributed by atoms with E-state index >= 15 is 0 Å². The second-order valence-corrected chi connectivity index (χ2v) is 5.05. The first-order valence-corrected chi connectivity index (χ1v) is 6.28. The van der Waals surface area contributed by atoms with Crippen molar-refractivity contribution in [3.05, 3.63) is 0 Å². The summed E-state index contributed by atoms with van der Waals surface area (Å²) in [5.41, 5.74) is 0.405. The Morgan fingerprint density at radius 3 is 2.93 bits per heavy atom. The maximum atomic E-state index is 5.41. The fraction of sp³-hybridized carbons (Fsp3) is 1.00. The standard InChI is InChI=1S/C12H24N2O/c1-3-12(6-4-7-13-12)10-14-8-5-11(9-14)15-2/h11,13H,3-10H2,1-2H3. The molecule has 2 atom stereocenters. The first kappa shape index (κ1) is 11.4. The Balaban J connectivity index is 1.85. The Kier molecular flexibility index (Phi) is 3.65. The molecule has 2 heterocycles. The van der Waals surface area contributed by atoms with Gasteiger partial charge in [-0.3, -0.25) is 4.90 Å². The number of rotatable bonds is 4. The summed E-state index contributed by atoms with van der Waals surface area (Å²) < 4.78 is 5.41. The van der Waals surface area contributed by atoms with Gasteiger partial charge >= 0.3 is 0 Å². The highest BCUT2D eigenvalue weighted by Gasteiger charge is 2.35. The van der Waals surface area contributed by atoms with E-state index in [1.165, 1.54) is 45.3 Å². The van der Waals surface area contributed by atoms with Crippen molar-refractivity contribution in [1.29, 1.82) is 0 Å². The van der Waals surface area contributed by atoms with Gasteiger partial charge in [-0.1, -0.05) is 6.92 Å². The van der Waals surface area contributed by atoms with E-state index in [2.05, 4.69) is 17.1 Å². The molecule has 0 aliphatic carbocycles. The van der Waals surface area contributed by atoms with E-state index in [1.54, 1.807) is 0 Å². The van der Waals surface area contributed by atoms with Gasteiger partial charge in [0, 0.05) is 32.3 Å². The molecule has 0 aromatic rings. The van der Waals surface area contributed by atoms with Crippen molar-refractivity contribution < 1.29 is 4.74 Å². The van der Waals surface area contributed by atoms with Crippen molar-refractivity contribution in [2.24, 2.45) is 0 Å². The van der Waals surface area contributed by atoms with Crippen LogP contribution in [0.4, 0.5) is 0 Å². The van der Waals surface area contributed by atoms with Crippen LogP contribution in [0.2, 0.25) is 0 Å². The average Bonchev–Trinajstić information content (AvgIpc) is 2.88. The number of hydrogen-bond acceptors (Lipinski definition) is 3. The first-order valence-electron chi connectivity index (χ1n) is 6.28. The number of nitrogens with one attached hydrogen (secondary N) is 1. The van der Waals surface area contributed by atoms with E-state index in [1.807, 2.05) is 7.11 Å². The topological polar surface area (TPSA) is 24.5 Å². The zero-order chi connectivity index (χ0) is 10.7. The van der Waals surface area contributed by atoms with Gasteiger partial charge in [0.15, 0.2) is 0 Å². The monoisotopic (exact) mass is 212 g/mol. The third kappa shape index (κ3) is 2.52. The maximum absolute atomic E-state index is 5.41. The van der Waals surface area contributed by atoms with E-state index in [-0.39, 0.29) is 0 Å². The molecule has 3 heteroatoms. The molecule has 0 saturated carbocycles. The SMILES string of the molecule is CCC1(CN2CCC(OC)C2)CCCN1. The molecule has 3 nitrogen and oxygen atoms in total. The average molecular weight is 212 g/mol. The lowest BCUT2D eigenvalue weighted by Gasteiger charge is -2.33. The Hall–Kier alpha value is -0.120. The van der Waals surface area contributed by atoms with Gasteiger partial charge in [0.05, 0.1) is 6.10 Å². The van der Waals surface area contributed by atoms with Crippen molar-refractivity contribution in [3.63, 3.8) is 0 Å². The van der Waals surface area contributed by atoms with Gasteiger partial charge in [0.2, 0.25) is 0 Å². The predicted octanol–water partition coefficient (Wildman–Crippen LogP) is 1.24. The Labute approximate surface area is 93.2 Å². The Morgan fingerprint density at radius 1 is 1.53 bits per heavy atom. The van der Waals surface area contributed by atoms with Gasteiger partial charge < -0.3 is 10.1 Å². The molecule has 2 aliphatic heterocycles. The van der Waals surface area contributed by atoms with Crippen molar-refractivity contribution in [3.8, 4) is 0 Å². The molecular weight excluding hydrogens is 188 g/mol. The van der Waals surface area contributed by atoms with Crippen molar-refractivity contribution in [2.45, 2.75) is 44.2 Å². The highest BCUT2D eigenvalue weighted by Crippen LogP contribution is 2.26. The number of methoxy groups -OCH3 is 1. The molecule has 0 radical (unpaired) electrons. The molecule has 0 aromatic heterocycles. The Bertz CT molecular complexity index is 202. The minimum absolute atomic E-state index is 0.405. The van der Waals surface area contributed by atoms with E-state index in [9.17, 15) is 0 Å². The van der Waals surface area contributed by atoms with Gasteiger partial charge in [-0.25, -0.2) is 0 Å². The van der Waals surface area contributed by atoms with Crippen LogP contribution >= 0.6 is 0 Å². The zero-order valence-electron chi connectivity index (χ0n) is 10.1. The normalized spacial score (nSPS) is 37.6. The summed E-state index contributed by atoms with van der Waals surface area (Å²) in [6.07, 6.45) is 5.62. The fourth-order valence-electron chi connectivity index (χ4n) is 2.98. The minimum atomic E-state index is 0.405. The summed E-state index contributed by atoms with van der Waals surface area (Å²) in [7, 11) is 1.83. The molecule has 0 spiro atoms. The van der Waals surface area contributed by atoms with E-state index < -0.39 is 0 Å². The van der Waals surface area contributed by atoms with Crippen LogP contribution < -0.4 is 5.32 Å². The number of likely N-dealkylation sites (tertiary alicyclic amines) is 1. The third-order valence-corrected chi connectivity index (χ3v) is 4.10. The van der Waals surface area contributed by atoms with E-state index in [4.69, 9.17) is 4.74 Å². The largest absolute Gasteiger partial charge is 0.380 e. The number of nitrogens with zero attached hydrogens (tertiary/aromatic N) is 1. The molecule has 1 N–H and O–H groups in total. The third-order valence-electron chi connectivity index (χ3n) is 4.10. The molecule has 2 saturated heterocycles. The molecular formula is C12H24N2O. The maximum Gasteiger partial charge on any atom is 0.0710 e. The molecule has 2 aliphatic rings. The molecule has 0 amide bonds. The van der Waals surface area contributed by atoms with Crippen molar-refractivity contribution in [2.75, 3.05) is 33.3 Å². The van der Waals surface area contributed by atoms with E-state index in [0.29, 0.717) is 11.6 Å². The quantitative estimate of drug-likeness (QED) is 0.759.